The molecule has 1 aromatic carbocycles. The lowest BCUT2D eigenvalue weighted by atomic mass is 10.0. The quantitative estimate of drug-likeness (QED) is 0.879. The van der Waals surface area contributed by atoms with Crippen LogP contribution in [-0.2, 0) is 11.8 Å². The Morgan fingerprint density at radius 2 is 2.14 bits per heavy atom. The van der Waals surface area contributed by atoms with E-state index in [1.807, 2.05) is 56.7 Å². The fraction of sp³-hybridized carbons (Fsp3) is 0.400. The molecule has 0 aliphatic rings. The third-order valence-corrected chi connectivity index (χ3v) is 3.28. The molecule has 6 heteroatoms. The summed E-state index contributed by atoms with van der Waals surface area (Å²) in [5.41, 5.74) is 1.04. The van der Waals surface area contributed by atoms with Crippen molar-refractivity contribution < 1.29 is 4.79 Å². The third kappa shape index (κ3) is 3.46. The van der Waals surface area contributed by atoms with Gasteiger partial charge in [-0.1, -0.05) is 19.1 Å². The fourth-order valence-electron chi connectivity index (χ4n) is 2.09. The van der Waals surface area contributed by atoms with Gasteiger partial charge in [-0.05, 0) is 32.5 Å². The van der Waals surface area contributed by atoms with Crippen LogP contribution in [0.3, 0.4) is 0 Å². The van der Waals surface area contributed by atoms with Gasteiger partial charge in [0.1, 0.15) is 6.33 Å². The second kappa shape index (κ2) is 6.05. The van der Waals surface area contributed by atoms with Gasteiger partial charge >= 0.3 is 0 Å². The van der Waals surface area contributed by atoms with Crippen LogP contribution in [0, 0.1) is 0 Å². The molecule has 2 rings (SSSR count). The second-order valence-corrected chi connectivity index (χ2v) is 5.46. The highest BCUT2D eigenvalue weighted by Crippen LogP contribution is 2.20. The SMILES string of the molecule is CCNC(C)(C)C(=O)Nc1cccc(-c2nncn2C)c1. The molecule has 2 N–H and O–H groups in total. The maximum atomic E-state index is 12.3. The van der Waals surface area contributed by atoms with Crippen LogP contribution in [0.25, 0.3) is 11.4 Å². The van der Waals surface area contributed by atoms with Crippen molar-refractivity contribution in [3.8, 4) is 11.4 Å². The smallest absolute Gasteiger partial charge is 0.244 e. The Kier molecular flexibility index (Phi) is 4.37. The van der Waals surface area contributed by atoms with E-state index in [1.54, 1.807) is 6.33 Å². The molecule has 0 spiro atoms. The molecule has 0 bridgehead atoms. The number of rotatable bonds is 5. The van der Waals surface area contributed by atoms with Crippen LogP contribution in [0.15, 0.2) is 30.6 Å². The topological polar surface area (TPSA) is 71.8 Å². The predicted molar refractivity (Wildman–Crippen MR) is 82.8 cm³/mol. The Balaban J connectivity index is 2.19. The van der Waals surface area contributed by atoms with E-state index in [9.17, 15) is 4.79 Å². The molecule has 0 saturated heterocycles. The summed E-state index contributed by atoms with van der Waals surface area (Å²) in [5.74, 6) is 0.691. The van der Waals surface area contributed by atoms with Crippen LogP contribution in [0.5, 0.6) is 0 Å². The van der Waals surface area contributed by atoms with Crippen molar-refractivity contribution in [3.05, 3.63) is 30.6 Å². The van der Waals surface area contributed by atoms with Crippen LogP contribution in [-0.4, -0.2) is 32.8 Å². The van der Waals surface area contributed by atoms with Crippen molar-refractivity contribution in [1.29, 1.82) is 0 Å². The number of aryl methyl sites for hydroxylation is 1. The number of aromatic nitrogens is 3. The number of amides is 1. The number of nitrogens with zero attached hydrogens (tertiary/aromatic N) is 3. The van der Waals surface area contributed by atoms with Crippen LogP contribution >= 0.6 is 0 Å². The summed E-state index contributed by atoms with van der Waals surface area (Å²) in [6.45, 7) is 6.43. The third-order valence-electron chi connectivity index (χ3n) is 3.28. The van der Waals surface area contributed by atoms with Gasteiger partial charge in [0, 0.05) is 18.3 Å². The Bertz CT molecular complexity index is 632. The summed E-state index contributed by atoms with van der Waals surface area (Å²) in [7, 11) is 1.88. The van der Waals surface area contributed by atoms with Crippen molar-refractivity contribution in [1.82, 2.24) is 20.1 Å². The minimum Gasteiger partial charge on any atom is -0.324 e. The molecule has 1 amide bonds. The maximum absolute atomic E-state index is 12.3. The number of carbonyl (C=O) groups is 1. The molecule has 6 nitrogen and oxygen atoms in total. The number of hydrogen-bond acceptors (Lipinski definition) is 4. The standard InChI is InChI=1S/C15H21N5O/c1-5-16-15(2,3)14(21)18-12-8-6-7-11(9-12)13-19-17-10-20(13)4/h6-10,16H,5H2,1-4H3,(H,18,21). The average Bonchev–Trinajstić information content (AvgIpc) is 2.85. The zero-order valence-electron chi connectivity index (χ0n) is 12.8. The van der Waals surface area contributed by atoms with E-state index in [4.69, 9.17) is 0 Å². The molecule has 112 valence electrons. The number of anilines is 1. The molecule has 1 heterocycles. The lowest BCUT2D eigenvalue weighted by molar-refractivity contribution is -0.121. The van der Waals surface area contributed by atoms with E-state index in [0.29, 0.717) is 0 Å². The van der Waals surface area contributed by atoms with Gasteiger partial charge in [-0.25, -0.2) is 0 Å². The fourth-order valence-corrected chi connectivity index (χ4v) is 2.09. The van der Waals surface area contributed by atoms with Gasteiger partial charge < -0.3 is 15.2 Å². The summed E-state index contributed by atoms with van der Waals surface area (Å²) in [6.07, 6.45) is 1.65. The van der Waals surface area contributed by atoms with Gasteiger partial charge in [0.2, 0.25) is 5.91 Å². The lowest BCUT2D eigenvalue weighted by Gasteiger charge is -2.24. The average molecular weight is 287 g/mol. The van der Waals surface area contributed by atoms with Crippen LogP contribution in [0.1, 0.15) is 20.8 Å². The van der Waals surface area contributed by atoms with E-state index < -0.39 is 5.54 Å². The molecule has 0 radical (unpaired) electrons. The number of carbonyl (C=O) groups excluding carboxylic acids is 1. The molecular formula is C15H21N5O. The van der Waals surface area contributed by atoms with Gasteiger partial charge in [0.15, 0.2) is 5.82 Å². The van der Waals surface area contributed by atoms with Crippen LogP contribution in [0.2, 0.25) is 0 Å². The summed E-state index contributed by atoms with van der Waals surface area (Å²) in [4.78, 5) is 12.3. The number of benzene rings is 1. The highest BCUT2D eigenvalue weighted by Gasteiger charge is 2.26. The summed E-state index contributed by atoms with van der Waals surface area (Å²) in [6, 6.07) is 7.58. The normalized spacial score (nSPS) is 11.4. The van der Waals surface area contributed by atoms with Crippen molar-refractivity contribution in [2.45, 2.75) is 26.3 Å². The molecule has 1 aromatic heterocycles. The van der Waals surface area contributed by atoms with Gasteiger partial charge in [0.05, 0.1) is 5.54 Å². The zero-order chi connectivity index (χ0) is 15.5. The van der Waals surface area contributed by atoms with E-state index in [2.05, 4.69) is 20.8 Å². The van der Waals surface area contributed by atoms with Crippen LogP contribution < -0.4 is 10.6 Å². The van der Waals surface area contributed by atoms with Crippen LogP contribution in [0.4, 0.5) is 5.69 Å². The lowest BCUT2D eigenvalue weighted by Crippen LogP contribution is -2.49. The minimum absolute atomic E-state index is 0.0699. The summed E-state index contributed by atoms with van der Waals surface area (Å²) < 4.78 is 1.84. The van der Waals surface area contributed by atoms with Gasteiger partial charge in [-0.2, -0.15) is 0 Å². The van der Waals surface area contributed by atoms with Crippen molar-refractivity contribution in [3.63, 3.8) is 0 Å². The van der Waals surface area contributed by atoms with Crippen molar-refractivity contribution in [2.24, 2.45) is 7.05 Å². The van der Waals surface area contributed by atoms with E-state index in [0.717, 1.165) is 23.6 Å². The first-order chi connectivity index (χ1) is 9.94. The van der Waals surface area contributed by atoms with Gasteiger partial charge in [-0.15, -0.1) is 10.2 Å². The second-order valence-electron chi connectivity index (χ2n) is 5.46. The molecule has 0 unspecified atom stereocenters. The Morgan fingerprint density at radius 1 is 1.38 bits per heavy atom. The van der Waals surface area contributed by atoms with Gasteiger partial charge in [0.25, 0.3) is 0 Å². The largest absolute Gasteiger partial charge is 0.324 e. The number of hydrogen-bond donors (Lipinski definition) is 2. The molecule has 2 aromatic rings. The first kappa shape index (κ1) is 15.2. The minimum atomic E-state index is -0.616. The van der Waals surface area contributed by atoms with Gasteiger partial charge in [-0.3, -0.25) is 4.79 Å². The molecule has 0 saturated carbocycles. The molecule has 0 fully saturated rings. The first-order valence-corrected chi connectivity index (χ1v) is 6.95. The first-order valence-electron chi connectivity index (χ1n) is 6.95. The number of likely N-dealkylation sites (N-methyl/N-ethyl adjacent to an activating group) is 1. The molecule has 0 atom stereocenters. The zero-order valence-corrected chi connectivity index (χ0v) is 12.8. The highest BCUT2D eigenvalue weighted by atomic mass is 16.2. The monoisotopic (exact) mass is 287 g/mol. The molecule has 0 aliphatic heterocycles. The summed E-state index contributed by atoms with van der Waals surface area (Å²) >= 11 is 0. The maximum Gasteiger partial charge on any atom is 0.244 e. The Labute approximate surface area is 124 Å². The molecular weight excluding hydrogens is 266 g/mol. The Hall–Kier alpha value is -2.21. The van der Waals surface area contributed by atoms with Crippen molar-refractivity contribution >= 4 is 11.6 Å². The Morgan fingerprint density at radius 3 is 2.76 bits per heavy atom. The predicted octanol–water partition coefficient (Wildman–Crippen LogP) is 1.81. The highest BCUT2D eigenvalue weighted by molar-refractivity contribution is 5.97. The van der Waals surface area contributed by atoms with E-state index in [1.165, 1.54) is 0 Å². The number of nitrogens with one attached hydrogen (secondary N) is 2. The van der Waals surface area contributed by atoms with E-state index >= 15 is 0 Å². The van der Waals surface area contributed by atoms with Crippen molar-refractivity contribution in [2.75, 3.05) is 11.9 Å². The summed E-state index contributed by atoms with van der Waals surface area (Å²) in [5, 5.41) is 14.0. The molecule has 21 heavy (non-hydrogen) atoms. The molecule has 0 aliphatic carbocycles. The van der Waals surface area contributed by atoms with E-state index in [-0.39, 0.29) is 5.91 Å².